The maximum absolute atomic E-state index is 12.1. The molecule has 6 heteroatoms. The van der Waals surface area contributed by atoms with Crippen molar-refractivity contribution < 1.29 is 9.21 Å². The highest BCUT2D eigenvalue weighted by Gasteiger charge is 2.19. The number of hydrogen-bond acceptors (Lipinski definition) is 5. The van der Waals surface area contributed by atoms with Crippen LogP contribution < -0.4 is 0 Å². The highest BCUT2D eigenvalue weighted by atomic mass is 35.5. The summed E-state index contributed by atoms with van der Waals surface area (Å²) in [5.74, 6) is 0.496. The minimum absolute atomic E-state index is 0.00696. The van der Waals surface area contributed by atoms with Crippen LogP contribution >= 0.6 is 23.4 Å². The molecule has 4 nitrogen and oxygen atoms in total. The number of aryl methyl sites for hydroxylation is 1. The number of benzene rings is 1. The molecule has 94 valence electrons. The van der Waals surface area contributed by atoms with E-state index in [2.05, 4.69) is 10.2 Å². The number of ketones is 1. The van der Waals surface area contributed by atoms with E-state index in [1.807, 2.05) is 0 Å². The summed E-state index contributed by atoms with van der Waals surface area (Å²) in [6.45, 7) is 3.52. The third-order valence-electron chi connectivity index (χ3n) is 2.28. The van der Waals surface area contributed by atoms with Crippen LogP contribution in [0.5, 0.6) is 0 Å². The molecule has 0 bridgehead atoms. The van der Waals surface area contributed by atoms with Gasteiger partial charge in [-0.25, -0.2) is 0 Å². The number of carbonyl (C=O) groups is 1. The number of thioether (sulfide) groups is 1. The third-order valence-corrected chi connectivity index (χ3v) is 3.47. The Morgan fingerprint density at radius 3 is 2.56 bits per heavy atom. The van der Waals surface area contributed by atoms with Crippen LogP contribution in [-0.4, -0.2) is 21.2 Å². The van der Waals surface area contributed by atoms with Crippen LogP contribution in [0.25, 0.3) is 0 Å². The van der Waals surface area contributed by atoms with E-state index < -0.39 is 0 Å². The van der Waals surface area contributed by atoms with Gasteiger partial charge >= 0.3 is 0 Å². The molecule has 18 heavy (non-hydrogen) atoms. The Morgan fingerprint density at radius 2 is 2.00 bits per heavy atom. The van der Waals surface area contributed by atoms with Crippen LogP contribution in [-0.2, 0) is 0 Å². The average Bonchev–Trinajstić information content (AvgIpc) is 2.75. The molecule has 0 saturated carbocycles. The predicted octanol–water partition coefficient (Wildman–Crippen LogP) is 3.39. The standard InChI is InChI=1S/C12H11ClN2O2S/c1-7(18-12-15-14-8(2)17-12)11(16)9-3-5-10(13)6-4-9/h3-7H,1-2H3. The Labute approximate surface area is 114 Å². The lowest BCUT2D eigenvalue weighted by molar-refractivity contribution is 0.0993. The topological polar surface area (TPSA) is 56.0 Å². The second-order valence-electron chi connectivity index (χ2n) is 3.72. The first-order valence-electron chi connectivity index (χ1n) is 5.33. The monoisotopic (exact) mass is 282 g/mol. The van der Waals surface area contributed by atoms with E-state index in [9.17, 15) is 4.79 Å². The minimum atomic E-state index is -0.286. The zero-order valence-corrected chi connectivity index (χ0v) is 11.5. The molecule has 2 rings (SSSR count). The van der Waals surface area contributed by atoms with Crippen molar-refractivity contribution in [2.45, 2.75) is 24.3 Å². The Hall–Kier alpha value is -1.33. The van der Waals surface area contributed by atoms with Gasteiger partial charge in [-0.05, 0) is 31.2 Å². The average molecular weight is 283 g/mol. The van der Waals surface area contributed by atoms with Gasteiger partial charge in [0, 0.05) is 17.5 Å². The molecular weight excluding hydrogens is 272 g/mol. The second kappa shape index (κ2) is 5.54. The highest BCUT2D eigenvalue weighted by Crippen LogP contribution is 2.24. The molecule has 0 aliphatic heterocycles. The lowest BCUT2D eigenvalue weighted by atomic mass is 10.1. The molecule has 0 aliphatic rings. The van der Waals surface area contributed by atoms with E-state index in [4.69, 9.17) is 16.0 Å². The van der Waals surface area contributed by atoms with Gasteiger partial charge in [0.05, 0.1) is 5.25 Å². The number of halogens is 1. The van der Waals surface area contributed by atoms with Gasteiger partial charge in [-0.15, -0.1) is 10.2 Å². The minimum Gasteiger partial charge on any atom is -0.416 e. The number of Topliss-reactive ketones (excluding diaryl/α,β-unsaturated/α-hetero) is 1. The van der Waals surface area contributed by atoms with Crippen molar-refractivity contribution >= 4 is 29.1 Å². The predicted molar refractivity (Wildman–Crippen MR) is 70.1 cm³/mol. The molecular formula is C12H11ClN2O2S. The Balaban J connectivity index is 2.07. The zero-order chi connectivity index (χ0) is 13.1. The molecule has 1 atom stereocenters. The van der Waals surface area contributed by atoms with Crippen LogP contribution in [0.4, 0.5) is 0 Å². The fraction of sp³-hybridized carbons (Fsp3) is 0.250. The fourth-order valence-corrected chi connectivity index (χ4v) is 2.31. The Kier molecular flexibility index (Phi) is 4.04. The van der Waals surface area contributed by atoms with E-state index >= 15 is 0 Å². The first-order valence-corrected chi connectivity index (χ1v) is 6.58. The van der Waals surface area contributed by atoms with Crippen molar-refractivity contribution in [2.24, 2.45) is 0 Å². The molecule has 0 spiro atoms. The lowest BCUT2D eigenvalue weighted by Crippen LogP contribution is -2.13. The summed E-state index contributed by atoms with van der Waals surface area (Å²) in [5.41, 5.74) is 0.621. The quantitative estimate of drug-likeness (QED) is 0.635. The first-order chi connectivity index (χ1) is 8.56. The van der Waals surface area contributed by atoms with Gasteiger partial charge in [-0.3, -0.25) is 4.79 Å². The summed E-state index contributed by atoms with van der Waals surface area (Å²) in [5, 5.41) is 8.30. The van der Waals surface area contributed by atoms with Crippen LogP contribution in [0, 0.1) is 6.92 Å². The maximum atomic E-state index is 12.1. The van der Waals surface area contributed by atoms with Crippen LogP contribution in [0.15, 0.2) is 33.9 Å². The van der Waals surface area contributed by atoms with Crippen molar-refractivity contribution in [3.8, 4) is 0 Å². The van der Waals surface area contributed by atoms with Gasteiger partial charge in [0.1, 0.15) is 0 Å². The van der Waals surface area contributed by atoms with Crippen LogP contribution in [0.1, 0.15) is 23.2 Å². The molecule has 1 aromatic heterocycles. The Bertz CT molecular complexity index is 553. The second-order valence-corrected chi connectivity index (χ2v) is 5.45. The SMILES string of the molecule is Cc1nnc(SC(C)C(=O)c2ccc(Cl)cc2)o1. The maximum Gasteiger partial charge on any atom is 0.277 e. The number of nitrogens with zero attached hydrogens (tertiary/aromatic N) is 2. The van der Waals surface area contributed by atoms with Crippen LogP contribution in [0.3, 0.4) is 0 Å². The fourth-order valence-electron chi connectivity index (χ4n) is 1.38. The highest BCUT2D eigenvalue weighted by molar-refractivity contribution is 8.00. The number of rotatable bonds is 4. The molecule has 0 N–H and O–H groups in total. The van der Waals surface area contributed by atoms with Gasteiger partial charge in [0.25, 0.3) is 5.22 Å². The van der Waals surface area contributed by atoms with Gasteiger partial charge in [0.2, 0.25) is 5.89 Å². The van der Waals surface area contributed by atoms with Crippen molar-refractivity contribution in [2.75, 3.05) is 0 Å². The number of hydrogen-bond donors (Lipinski definition) is 0. The van der Waals surface area contributed by atoms with Crippen LogP contribution in [0.2, 0.25) is 5.02 Å². The Morgan fingerprint density at radius 1 is 1.33 bits per heavy atom. The van der Waals surface area contributed by atoms with E-state index in [0.29, 0.717) is 21.7 Å². The van der Waals surface area contributed by atoms with Crippen molar-refractivity contribution in [3.63, 3.8) is 0 Å². The third kappa shape index (κ3) is 3.11. The molecule has 1 heterocycles. The lowest BCUT2D eigenvalue weighted by Gasteiger charge is -2.07. The van der Waals surface area contributed by atoms with Crippen molar-refractivity contribution in [3.05, 3.63) is 40.7 Å². The van der Waals surface area contributed by atoms with Crippen molar-refractivity contribution in [1.29, 1.82) is 0 Å². The molecule has 0 amide bonds. The van der Waals surface area contributed by atoms with Crippen molar-refractivity contribution in [1.82, 2.24) is 10.2 Å². The van der Waals surface area contributed by atoms with E-state index in [-0.39, 0.29) is 11.0 Å². The summed E-state index contributed by atoms with van der Waals surface area (Å²) >= 11 is 7.03. The van der Waals surface area contributed by atoms with Gasteiger partial charge < -0.3 is 4.42 Å². The summed E-state index contributed by atoms with van der Waals surface area (Å²) < 4.78 is 5.23. The summed E-state index contributed by atoms with van der Waals surface area (Å²) in [6.07, 6.45) is 0. The molecule has 0 aliphatic carbocycles. The summed E-state index contributed by atoms with van der Waals surface area (Å²) in [6, 6.07) is 6.81. The molecule has 0 radical (unpaired) electrons. The largest absolute Gasteiger partial charge is 0.416 e. The van der Waals surface area contributed by atoms with E-state index in [1.54, 1.807) is 38.1 Å². The van der Waals surface area contributed by atoms with Gasteiger partial charge in [0.15, 0.2) is 5.78 Å². The van der Waals surface area contributed by atoms with Gasteiger partial charge in [-0.2, -0.15) is 0 Å². The zero-order valence-electron chi connectivity index (χ0n) is 9.88. The van der Waals surface area contributed by atoms with Gasteiger partial charge in [-0.1, -0.05) is 23.4 Å². The molecule has 0 saturated heterocycles. The number of aromatic nitrogens is 2. The normalized spacial score (nSPS) is 12.4. The first kappa shape index (κ1) is 13.1. The molecule has 1 unspecified atom stereocenters. The van der Waals surface area contributed by atoms with E-state index in [1.165, 1.54) is 11.8 Å². The molecule has 1 aromatic carbocycles. The molecule has 0 fully saturated rings. The number of carbonyl (C=O) groups excluding carboxylic acids is 1. The summed E-state index contributed by atoms with van der Waals surface area (Å²) in [4.78, 5) is 12.1. The summed E-state index contributed by atoms with van der Waals surface area (Å²) in [7, 11) is 0. The smallest absolute Gasteiger partial charge is 0.277 e. The molecule has 2 aromatic rings. The van der Waals surface area contributed by atoms with E-state index in [0.717, 1.165) is 0 Å².